The first-order chi connectivity index (χ1) is 9.15. The van der Waals surface area contributed by atoms with E-state index in [-0.39, 0.29) is 0 Å². The van der Waals surface area contributed by atoms with E-state index in [1.807, 2.05) is 13.0 Å². The first-order valence-corrected chi connectivity index (χ1v) is 6.92. The molecule has 2 atom stereocenters. The summed E-state index contributed by atoms with van der Waals surface area (Å²) in [7, 11) is 0. The van der Waals surface area contributed by atoms with Crippen LogP contribution in [0.2, 0.25) is 0 Å². The fourth-order valence-electron chi connectivity index (χ4n) is 3.04. The van der Waals surface area contributed by atoms with Crippen molar-refractivity contribution in [3.05, 3.63) is 23.8 Å². The molecule has 0 aromatic heterocycles. The molecule has 1 rings (SSSR count). The van der Waals surface area contributed by atoms with E-state index in [4.69, 9.17) is 10.5 Å². The van der Waals surface area contributed by atoms with Gasteiger partial charge in [0.2, 0.25) is 0 Å². The highest BCUT2D eigenvalue weighted by atomic mass is 17.1. The molecule has 5 heteroatoms. The quantitative estimate of drug-likeness (QED) is 0.516. The van der Waals surface area contributed by atoms with Crippen LogP contribution < -0.4 is 0 Å². The van der Waals surface area contributed by atoms with Crippen LogP contribution in [-0.2, 0) is 9.78 Å². The molecule has 2 unspecified atom stereocenters. The third-order valence-electron chi connectivity index (χ3n) is 4.04. The Balaban J connectivity index is 3.33. The van der Waals surface area contributed by atoms with Crippen LogP contribution >= 0.6 is 0 Å². The Morgan fingerprint density at radius 3 is 2.25 bits per heavy atom. The molecule has 0 amide bonds. The Hall–Kier alpha value is -0.720. The Bertz CT molecular complexity index is 397. The molecule has 0 aliphatic heterocycles. The molecule has 0 heterocycles. The molecule has 0 fully saturated rings. The highest BCUT2D eigenvalue weighted by molar-refractivity contribution is 5.37. The number of hydrogen-bond donors (Lipinski definition) is 3. The topological polar surface area (TPSA) is 79.2 Å². The Morgan fingerprint density at radius 1 is 1.20 bits per heavy atom. The zero-order valence-electron chi connectivity index (χ0n) is 12.9. The first-order valence-electron chi connectivity index (χ1n) is 6.92. The van der Waals surface area contributed by atoms with E-state index in [0.717, 1.165) is 6.42 Å². The maximum absolute atomic E-state index is 11.2. The monoisotopic (exact) mass is 286 g/mol. The van der Waals surface area contributed by atoms with Crippen LogP contribution in [0.3, 0.4) is 0 Å². The number of allylic oxidation sites excluding steroid dienone is 2. The van der Waals surface area contributed by atoms with Gasteiger partial charge in [0.1, 0.15) is 11.2 Å². The lowest BCUT2D eigenvalue weighted by atomic mass is 9.65. The van der Waals surface area contributed by atoms with Crippen LogP contribution in [0.1, 0.15) is 47.5 Å². The van der Waals surface area contributed by atoms with E-state index < -0.39 is 22.7 Å². The van der Waals surface area contributed by atoms with Gasteiger partial charge in [-0.1, -0.05) is 31.6 Å². The highest BCUT2D eigenvalue weighted by Crippen LogP contribution is 2.46. The van der Waals surface area contributed by atoms with E-state index >= 15 is 0 Å². The Kier molecular flexibility index (Phi) is 5.16. The summed E-state index contributed by atoms with van der Waals surface area (Å²) in [6, 6.07) is 0. The number of hydrogen-bond acceptors (Lipinski definition) is 5. The largest absolute Gasteiger partial charge is 0.385 e. The summed E-state index contributed by atoms with van der Waals surface area (Å²) in [4.78, 5) is 9.12. The van der Waals surface area contributed by atoms with Crippen molar-refractivity contribution >= 4 is 0 Å². The van der Waals surface area contributed by atoms with Crippen LogP contribution in [0, 0.1) is 5.92 Å². The molecule has 20 heavy (non-hydrogen) atoms. The first kappa shape index (κ1) is 17.3. The Morgan fingerprint density at radius 2 is 1.80 bits per heavy atom. The van der Waals surface area contributed by atoms with Crippen LogP contribution in [0.15, 0.2) is 23.8 Å². The van der Waals surface area contributed by atoms with Gasteiger partial charge in [0.15, 0.2) is 0 Å². The summed E-state index contributed by atoms with van der Waals surface area (Å²) in [6.07, 6.45) is 6.54. The standard InChI is InChI=1S/C15H26O5/c1-6-10-15(16)11(13(2,3)19-17)8-7-9-12(15)14(4,5)20-18/h7-9,11,16-18H,6,10H2,1-5H3. The molecule has 0 spiro atoms. The van der Waals surface area contributed by atoms with Crippen LogP contribution in [0.25, 0.3) is 0 Å². The molecule has 0 bridgehead atoms. The van der Waals surface area contributed by atoms with Crippen LogP contribution in [0.5, 0.6) is 0 Å². The van der Waals surface area contributed by atoms with Gasteiger partial charge >= 0.3 is 0 Å². The average Bonchev–Trinajstić information content (AvgIpc) is 2.38. The maximum Gasteiger partial charge on any atom is 0.122 e. The van der Waals surface area contributed by atoms with Crippen molar-refractivity contribution in [2.45, 2.75) is 64.3 Å². The van der Waals surface area contributed by atoms with Crippen LogP contribution in [0.4, 0.5) is 0 Å². The van der Waals surface area contributed by atoms with Crippen molar-refractivity contribution < 1.29 is 25.4 Å². The molecule has 0 aromatic carbocycles. The summed E-state index contributed by atoms with van der Waals surface area (Å²) in [6.45, 7) is 8.74. The maximum atomic E-state index is 11.2. The SMILES string of the molecule is CCCC1(O)C(C(C)(C)OO)=CC=CC1C(C)(C)OO. The van der Waals surface area contributed by atoms with Gasteiger partial charge in [-0.3, -0.25) is 10.5 Å². The van der Waals surface area contributed by atoms with Gasteiger partial charge in [-0.25, -0.2) is 9.78 Å². The van der Waals surface area contributed by atoms with Gasteiger partial charge in [0, 0.05) is 5.92 Å². The van der Waals surface area contributed by atoms with E-state index in [9.17, 15) is 5.11 Å². The van der Waals surface area contributed by atoms with Gasteiger partial charge < -0.3 is 5.11 Å². The lowest BCUT2D eigenvalue weighted by Gasteiger charge is -2.48. The zero-order chi connectivity index (χ0) is 15.6. The van der Waals surface area contributed by atoms with Gasteiger partial charge in [-0.2, -0.15) is 0 Å². The van der Waals surface area contributed by atoms with Gasteiger partial charge in [0.25, 0.3) is 0 Å². The van der Waals surface area contributed by atoms with Gasteiger partial charge in [0.05, 0.1) is 5.60 Å². The number of rotatable bonds is 6. The van der Waals surface area contributed by atoms with Gasteiger partial charge in [-0.15, -0.1) is 0 Å². The molecule has 116 valence electrons. The van der Waals surface area contributed by atoms with E-state index in [1.54, 1.807) is 39.8 Å². The summed E-state index contributed by atoms with van der Waals surface area (Å²) < 4.78 is 0. The number of aliphatic hydroxyl groups is 1. The summed E-state index contributed by atoms with van der Waals surface area (Å²) >= 11 is 0. The fourth-order valence-corrected chi connectivity index (χ4v) is 3.04. The third-order valence-corrected chi connectivity index (χ3v) is 4.04. The second-order valence-electron chi connectivity index (χ2n) is 6.41. The molecule has 1 aliphatic carbocycles. The molecule has 1 aliphatic rings. The molecule has 3 N–H and O–H groups in total. The van der Waals surface area contributed by atoms with Crippen molar-refractivity contribution in [1.82, 2.24) is 0 Å². The normalized spacial score (nSPS) is 27.6. The highest BCUT2D eigenvalue weighted by Gasteiger charge is 2.52. The smallest absolute Gasteiger partial charge is 0.122 e. The average molecular weight is 286 g/mol. The predicted octanol–water partition coefficient (Wildman–Crippen LogP) is 3.17. The minimum absolute atomic E-state index is 0.464. The fraction of sp³-hybridized carbons (Fsp3) is 0.733. The summed E-state index contributed by atoms with van der Waals surface area (Å²) in [5, 5.41) is 29.5. The van der Waals surface area contributed by atoms with Crippen molar-refractivity contribution in [1.29, 1.82) is 0 Å². The third kappa shape index (κ3) is 2.97. The van der Waals surface area contributed by atoms with Crippen molar-refractivity contribution in [3.8, 4) is 0 Å². The van der Waals surface area contributed by atoms with Crippen molar-refractivity contribution in [2.24, 2.45) is 5.92 Å². The minimum Gasteiger partial charge on any atom is -0.385 e. The lowest BCUT2D eigenvalue weighted by molar-refractivity contribution is -0.336. The molecular formula is C15H26O5. The lowest BCUT2D eigenvalue weighted by Crippen LogP contribution is -2.55. The predicted molar refractivity (Wildman–Crippen MR) is 76.2 cm³/mol. The molecule has 0 radical (unpaired) electrons. The summed E-state index contributed by atoms with van der Waals surface area (Å²) in [5.74, 6) is -0.464. The minimum atomic E-state index is -1.26. The zero-order valence-corrected chi connectivity index (χ0v) is 12.9. The molecule has 0 aromatic rings. The van der Waals surface area contributed by atoms with Crippen LogP contribution in [-0.4, -0.2) is 32.4 Å². The molecule has 0 saturated carbocycles. The van der Waals surface area contributed by atoms with Gasteiger partial charge in [-0.05, 0) is 39.7 Å². The molecular weight excluding hydrogens is 260 g/mol. The second kappa shape index (κ2) is 5.95. The van der Waals surface area contributed by atoms with E-state index in [1.165, 1.54) is 0 Å². The van der Waals surface area contributed by atoms with E-state index in [0.29, 0.717) is 12.0 Å². The molecule has 0 saturated heterocycles. The van der Waals surface area contributed by atoms with E-state index in [2.05, 4.69) is 9.78 Å². The Labute approximate surface area is 120 Å². The van der Waals surface area contributed by atoms with Crippen molar-refractivity contribution in [2.75, 3.05) is 0 Å². The molecule has 5 nitrogen and oxygen atoms in total. The van der Waals surface area contributed by atoms with Crippen molar-refractivity contribution in [3.63, 3.8) is 0 Å². The second-order valence-corrected chi connectivity index (χ2v) is 6.41. The summed E-state index contributed by atoms with van der Waals surface area (Å²) in [5.41, 5.74) is -2.70.